The van der Waals surface area contributed by atoms with Gasteiger partial charge < -0.3 is 5.32 Å². The first kappa shape index (κ1) is 10.2. The van der Waals surface area contributed by atoms with Crippen molar-refractivity contribution in [2.24, 2.45) is 0 Å². The van der Waals surface area contributed by atoms with Gasteiger partial charge in [0.25, 0.3) is 0 Å². The van der Waals surface area contributed by atoms with Gasteiger partial charge >= 0.3 is 0 Å². The van der Waals surface area contributed by atoms with E-state index in [0.717, 1.165) is 17.1 Å². The van der Waals surface area contributed by atoms with Crippen LogP contribution in [0.2, 0.25) is 0 Å². The van der Waals surface area contributed by atoms with Crippen LogP contribution in [0.1, 0.15) is 12.8 Å². The Labute approximate surface area is 83.1 Å². The lowest BCUT2D eigenvalue weighted by molar-refractivity contribution is 0.219. The van der Waals surface area contributed by atoms with Crippen LogP contribution in [0.5, 0.6) is 0 Å². The summed E-state index contributed by atoms with van der Waals surface area (Å²) in [6.45, 7) is 7.23. The van der Waals surface area contributed by atoms with Crippen molar-refractivity contribution in [3.8, 4) is 0 Å². The summed E-state index contributed by atoms with van der Waals surface area (Å²) in [6.07, 6.45) is 2.52. The Morgan fingerprint density at radius 2 is 2.17 bits per heavy atom. The zero-order chi connectivity index (χ0) is 8.97. The van der Waals surface area contributed by atoms with Crippen LogP contribution in [0.4, 0.5) is 0 Å². The van der Waals surface area contributed by atoms with E-state index in [0.29, 0.717) is 0 Å². The van der Waals surface area contributed by atoms with Crippen molar-refractivity contribution in [1.82, 2.24) is 10.2 Å². The first-order chi connectivity index (χ1) is 5.72. The molecule has 0 aromatic heterocycles. The highest BCUT2D eigenvalue weighted by molar-refractivity contribution is 9.11. The van der Waals surface area contributed by atoms with E-state index < -0.39 is 0 Å². The fraction of sp³-hybridized carbons (Fsp3) is 0.778. The van der Waals surface area contributed by atoms with E-state index in [-0.39, 0.29) is 0 Å². The average molecular weight is 233 g/mol. The van der Waals surface area contributed by atoms with Crippen LogP contribution in [-0.4, -0.2) is 37.6 Å². The highest BCUT2D eigenvalue weighted by atomic mass is 79.9. The number of nitrogens with one attached hydrogen (secondary N) is 1. The van der Waals surface area contributed by atoms with Crippen LogP contribution in [0, 0.1) is 0 Å². The van der Waals surface area contributed by atoms with Gasteiger partial charge in [-0.15, -0.1) is 0 Å². The van der Waals surface area contributed by atoms with E-state index in [1.807, 2.05) is 7.05 Å². The fourth-order valence-electron chi connectivity index (χ4n) is 1.62. The van der Waals surface area contributed by atoms with Crippen LogP contribution in [0.15, 0.2) is 11.1 Å². The predicted octanol–water partition coefficient (Wildman–Crippen LogP) is 1.58. The zero-order valence-electron chi connectivity index (χ0n) is 7.65. The molecule has 0 radical (unpaired) electrons. The number of halogens is 1. The van der Waals surface area contributed by atoms with E-state index in [1.54, 1.807) is 0 Å². The second-order valence-electron chi connectivity index (χ2n) is 3.36. The molecule has 3 heteroatoms. The Bertz CT molecular complexity index is 151. The summed E-state index contributed by atoms with van der Waals surface area (Å²) in [6, 6.07) is 0.727. The molecule has 1 saturated heterocycles. The SMILES string of the molecule is C=C(Br)CN1CCC(NC)CC1. The molecule has 2 nitrogen and oxygen atoms in total. The molecule has 1 aliphatic heterocycles. The van der Waals surface area contributed by atoms with E-state index in [4.69, 9.17) is 0 Å². The van der Waals surface area contributed by atoms with Crippen molar-refractivity contribution in [3.05, 3.63) is 11.1 Å². The first-order valence-corrected chi connectivity index (χ1v) is 5.24. The van der Waals surface area contributed by atoms with Crippen molar-refractivity contribution in [3.63, 3.8) is 0 Å². The van der Waals surface area contributed by atoms with Gasteiger partial charge in [0.1, 0.15) is 0 Å². The van der Waals surface area contributed by atoms with Crippen LogP contribution < -0.4 is 5.32 Å². The Hall–Kier alpha value is 0.140. The van der Waals surface area contributed by atoms with Gasteiger partial charge in [-0.3, -0.25) is 4.90 Å². The van der Waals surface area contributed by atoms with Crippen molar-refractivity contribution in [2.45, 2.75) is 18.9 Å². The number of piperidine rings is 1. The van der Waals surface area contributed by atoms with Crippen LogP contribution >= 0.6 is 15.9 Å². The lowest BCUT2D eigenvalue weighted by atomic mass is 10.1. The smallest absolute Gasteiger partial charge is 0.0293 e. The molecule has 0 aliphatic carbocycles. The summed E-state index contributed by atoms with van der Waals surface area (Å²) in [4.78, 5) is 2.44. The standard InChI is InChI=1S/C9H17BrN2/c1-8(10)7-12-5-3-9(11-2)4-6-12/h9,11H,1,3-7H2,2H3. The molecule has 0 amide bonds. The third-order valence-electron chi connectivity index (χ3n) is 2.39. The first-order valence-electron chi connectivity index (χ1n) is 4.45. The lowest BCUT2D eigenvalue weighted by Gasteiger charge is -2.31. The number of hydrogen-bond acceptors (Lipinski definition) is 2. The Morgan fingerprint density at radius 3 is 2.58 bits per heavy atom. The van der Waals surface area contributed by atoms with E-state index in [2.05, 4.69) is 32.7 Å². The molecule has 0 spiro atoms. The van der Waals surface area contributed by atoms with Gasteiger partial charge in [-0.05, 0) is 33.0 Å². The topological polar surface area (TPSA) is 15.3 Å². The summed E-state index contributed by atoms with van der Waals surface area (Å²) in [7, 11) is 2.05. The van der Waals surface area contributed by atoms with Gasteiger partial charge in [-0.25, -0.2) is 0 Å². The molecule has 0 atom stereocenters. The van der Waals surface area contributed by atoms with Crippen molar-refractivity contribution < 1.29 is 0 Å². The predicted molar refractivity (Wildman–Crippen MR) is 56.6 cm³/mol. The summed E-state index contributed by atoms with van der Waals surface area (Å²) < 4.78 is 1.09. The molecule has 70 valence electrons. The minimum Gasteiger partial charge on any atom is -0.317 e. The Morgan fingerprint density at radius 1 is 1.58 bits per heavy atom. The van der Waals surface area contributed by atoms with Gasteiger partial charge in [-0.2, -0.15) is 0 Å². The molecule has 1 rings (SSSR count). The number of hydrogen-bond donors (Lipinski definition) is 1. The van der Waals surface area contributed by atoms with Gasteiger partial charge in [0.15, 0.2) is 0 Å². The monoisotopic (exact) mass is 232 g/mol. The van der Waals surface area contributed by atoms with Gasteiger partial charge in [0, 0.05) is 17.1 Å². The highest BCUT2D eigenvalue weighted by Gasteiger charge is 2.16. The fourth-order valence-corrected chi connectivity index (χ4v) is 1.98. The maximum atomic E-state index is 3.85. The minimum absolute atomic E-state index is 0.727. The van der Waals surface area contributed by atoms with Crippen LogP contribution in [0.3, 0.4) is 0 Å². The molecule has 0 unspecified atom stereocenters. The van der Waals surface area contributed by atoms with Crippen molar-refractivity contribution >= 4 is 15.9 Å². The second-order valence-corrected chi connectivity index (χ2v) is 4.48. The number of rotatable bonds is 3. The summed E-state index contributed by atoms with van der Waals surface area (Å²) in [5, 5.41) is 3.32. The van der Waals surface area contributed by atoms with E-state index in [1.165, 1.54) is 25.9 Å². The highest BCUT2D eigenvalue weighted by Crippen LogP contribution is 2.12. The molecule has 0 aromatic carbocycles. The molecular formula is C9H17BrN2. The number of likely N-dealkylation sites (tertiary alicyclic amines) is 1. The molecule has 0 bridgehead atoms. The average Bonchev–Trinajstić information content (AvgIpc) is 2.05. The molecule has 1 fully saturated rings. The van der Waals surface area contributed by atoms with E-state index in [9.17, 15) is 0 Å². The lowest BCUT2D eigenvalue weighted by Crippen LogP contribution is -2.41. The van der Waals surface area contributed by atoms with Gasteiger partial charge in [0.05, 0.1) is 0 Å². The molecular weight excluding hydrogens is 216 g/mol. The third kappa shape index (κ3) is 3.25. The zero-order valence-corrected chi connectivity index (χ0v) is 9.23. The van der Waals surface area contributed by atoms with Crippen LogP contribution in [0.25, 0.3) is 0 Å². The molecule has 12 heavy (non-hydrogen) atoms. The molecule has 0 aromatic rings. The molecule has 0 saturated carbocycles. The molecule has 1 aliphatic rings. The number of nitrogens with zero attached hydrogens (tertiary/aromatic N) is 1. The summed E-state index contributed by atoms with van der Waals surface area (Å²) in [5.41, 5.74) is 0. The summed E-state index contributed by atoms with van der Waals surface area (Å²) in [5.74, 6) is 0. The van der Waals surface area contributed by atoms with Gasteiger partial charge in [0.2, 0.25) is 0 Å². The quantitative estimate of drug-likeness (QED) is 0.796. The Kier molecular flexibility index (Phi) is 4.26. The maximum absolute atomic E-state index is 3.85. The van der Waals surface area contributed by atoms with Crippen molar-refractivity contribution in [2.75, 3.05) is 26.7 Å². The minimum atomic E-state index is 0.727. The largest absolute Gasteiger partial charge is 0.317 e. The van der Waals surface area contributed by atoms with Gasteiger partial charge in [-0.1, -0.05) is 22.5 Å². The normalized spacial score (nSPS) is 21.2. The van der Waals surface area contributed by atoms with Crippen LogP contribution in [-0.2, 0) is 0 Å². The third-order valence-corrected chi connectivity index (χ3v) is 2.64. The van der Waals surface area contributed by atoms with Crippen molar-refractivity contribution in [1.29, 1.82) is 0 Å². The van der Waals surface area contributed by atoms with E-state index >= 15 is 0 Å². The molecule has 1 N–H and O–H groups in total. The maximum Gasteiger partial charge on any atom is 0.0293 e. The second kappa shape index (κ2) is 5.00. The molecule has 1 heterocycles. The Balaban J connectivity index is 2.21. The summed E-state index contributed by atoms with van der Waals surface area (Å²) >= 11 is 3.39.